The van der Waals surface area contributed by atoms with E-state index in [1.165, 1.54) is 0 Å². The van der Waals surface area contributed by atoms with Crippen LogP contribution in [-0.2, 0) is 13.1 Å². The van der Waals surface area contributed by atoms with Gasteiger partial charge in [-0.3, -0.25) is 9.36 Å². The lowest BCUT2D eigenvalue weighted by atomic mass is 10.2. The molecule has 0 atom stereocenters. The van der Waals surface area contributed by atoms with Crippen molar-refractivity contribution in [3.8, 4) is 0 Å². The third-order valence-corrected chi connectivity index (χ3v) is 6.63. The van der Waals surface area contributed by atoms with Crippen molar-refractivity contribution in [2.24, 2.45) is 0 Å². The molecule has 6 nitrogen and oxygen atoms in total. The van der Waals surface area contributed by atoms with Crippen LogP contribution >= 0.6 is 58.6 Å². The molecule has 0 unspecified atom stereocenters. The zero-order chi connectivity index (χ0) is 24.4. The predicted octanol–water partition coefficient (Wildman–Crippen LogP) is 7.22. The number of aryl methyl sites for hydroxylation is 1. The minimum absolute atomic E-state index is 0.347. The average molecular weight is 554 g/mol. The van der Waals surface area contributed by atoms with Gasteiger partial charge in [0.05, 0.1) is 30.2 Å². The Kier molecular flexibility index (Phi) is 7.70. The molecule has 4 aromatic rings. The second-order valence-electron chi connectivity index (χ2n) is 7.63. The van der Waals surface area contributed by atoms with Crippen LogP contribution < -0.4 is 10.6 Å². The third-order valence-electron chi connectivity index (χ3n) is 5.19. The highest BCUT2D eigenvalue weighted by atomic mass is 35.5. The molecule has 176 valence electrons. The summed E-state index contributed by atoms with van der Waals surface area (Å²) >= 11 is 30.5. The summed E-state index contributed by atoms with van der Waals surface area (Å²) in [4.78, 5) is 0. The molecule has 0 fully saturated rings. The molecule has 0 amide bonds. The Morgan fingerprint density at radius 2 is 1.62 bits per heavy atom. The van der Waals surface area contributed by atoms with E-state index in [2.05, 4.69) is 20.8 Å². The fourth-order valence-electron chi connectivity index (χ4n) is 3.46. The molecule has 0 saturated carbocycles. The van der Waals surface area contributed by atoms with Crippen LogP contribution in [0.5, 0.6) is 0 Å². The summed E-state index contributed by atoms with van der Waals surface area (Å²) in [5.74, 6) is 0.446. The van der Waals surface area contributed by atoms with Crippen LogP contribution in [0.2, 0.25) is 20.1 Å². The predicted molar refractivity (Wildman–Crippen MR) is 145 cm³/mol. The number of aromatic nitrogens is 4. The lowest BCUT2D eigenvalue weighted by Crippen LogP contribution is -2.20. The fourth-order valence-corrected chi connectivity index (χ4v) is 4.52. The Bertz CT molecular complexity index is 1360. The van der Waals surface area contributed by atoms with Gasteiger partial charge in [-0.15, -0.1) is 0 Å². The number of anilines is 2. The van der Waals surface area contributed by atoms with E-state index in [0.29, 0.717) is 44.1 Å². The molecule has 2 N–H and O–H groups in total. The average Bonchev–Trinajstić information content (AvgIpc) is 3.25. The topological polar surface area (TPSA) is 59.7 Å². The summed E-state index contributed by atoms with van der Waals surface area (Å²) < 4.78 is 3.57. The Labute approximate surface area is 222 Å². The lowest BCUT2D eigenvalue weighted by Gasteiger charge is -2.11. The van der Waals surface area contributed by atoms with Gasteiger partial charge in [-0.25, -0.2) is 0 Å². The van der Waals surface area contributed by atoms with Crippen LogP contribution in [0.3, 0.4) is 0 Å². The van der Waals surface area contributed by atoms with E-state index in [1.807, 2.05) is 48.9 Å². The number of halogens is 4. The molecule has 0 aliphatic heterocycles. The smallest absolute Gasteiger partial charge is 0.176 e. The number of hydrogen-bond acceptors (Lipinski definition) is 3. The monoisotopic (exact) mass is 552 g/mol. The summed E-state index contributed by atoms with van der Waals surface area (Å²) in [6, 6.07) is 13.0. The zero-order valence-corrected chi connectivity index (χ0v) is 22.1. The van der Waals surface area contributed by atoms with Crippen LogP contribution in [0.4, 0.5) is 11.5 Å². The number of nitrogens with one attached hydrogen (secondary N) is 2. The van der Waals surface area contributed by atoms with Crippen LogP contribution in [0.1, 0.15) is 22.5 Å². The summed E-state index contributed by atoms with van der Waals surface area (Å²) in [6.45, 7) is 4.85. The van der Waals surface area contributed by atoms with E-state index in [9.17, 15) is 0 Å². The lowest BCUT2D eigenvalue weighted by molar-refractivity contribution is 0.659. The van der Waals surface area contributed by atoms with Crippen molar-refractivity contribution >= 4 is 75.2 Å². The van der Waals surface area contributed by atoms with Gasteiger partial charge >= 0.3 is 0 Å². The number of hydrogen-bond donors (Lipinski definition) is 2. The van der Waals surface area contributed by atoms with Gasteiger partial charge in [-0.05, 0) is 55.4 Å². The van der Waals surface area contributed by atoms with Crippen LogP contribution in [0.15, 0.2) is 48.7 Å². The second kappa shape index (κ2) is 10.5. The Balaban J connectivity index is 1.45. The van der Waals surface area contributed by atoms with Gasteiger partial charge in [0.25, 0.3) is 0 Å². The van der Waals surface area contributed by atoms with Crippen molar-refractivity contribution in [3.05, 3.63) is 91.3 Å². The Hall–Kier alpha value is -2.29. The molecule has 4 rings (SSSR count). The minimum atomic E-state index is 0.347. The van der Waals surface area contributed by atoms with E-state index < -0.39 is 0 Å². The first kappa shape index (κ1) is 24.8. The second-order valence-corrected chi connectivity index (χ2v) is 9.70. The summed E-state index contributed by atoms with van der Waals surface area (Å²) in [5, 5.41) is 18.0. The van der Waals surface area contributed by atoms with E-state index in [-0.39, 0.29) is 0 Å². The van der Waals surface area contributed by atoms with Crippen molar-refractivity contribution < 1.29 is 0 Å². The standard InChI is InChI=1S/C23H20Cl4N6S/c1-13-21(14(2)33(30-13)11-16-7-8-17(24)9-19(16)26)28-23(34)29-22-20(27)12-32(31-22)10-15-5-3-4-6-18(15)25/h3-9,12H,10-11H2,1-2H3,(H2,28,29,31,34). The molecule has 0 aliphatic carbocycles. The minimum Gasteiger partial charge on any atom is -0.329 e. The maximum Gasteiger partial charge on any atom is 0.176 e. The summed E-state index contributed by atoms with van der Waals surface area (Å²) in [5.41, 5.74) is 4.36. The van der Waals surface area contributed by atoms with Gasteiger partial charge in [0.1, 0.15) is 5.02 Å². The highest BCUT2D eigenvalue weighted by molar-refractivity contribution is 7.80. The molecular weight excluding hydrogens is 534 g/mol. The van der Waals surface area contributed by atoms with Gasteiger partial charge in [0, 0.05) is 21.3 Å². The molecule has 2 aromatic heterocycles. The normalized spacial score (nSPS) is 11.0. The first-order chi connectivity index (χ1) is 16.2. The maximum atomic E-state index is 6.38. The van der Waals surface area contributed by atoms with E-state index in [1.54, 1.807) is 23.0 Å². The van der Waals surface area contributed by atoms with Crippen LogP contribution in [0.25, 0.3) is 0 Å². The Morgan fingerprint density at radius 1 is 0.882 bits per heavy atom. The number of nitrogens with zero attached hydrogens (tertiary/aromatic N) is 4. The van der Waals surface area contributed by atoms with Gasteiger partial charge in [0.2, 0.25) is 0 Å². The molecule has 2 aromatic carbocycles. The van der Waals surface area contributed by atoms with Crippen LogP contribution in [-0.4, -0.2) is 24.7 Å². The molecule has 0 radical (unpaired) electrons. The molecule has 11 heteroatoms. The molecule has 0 bridgehead atoms. The summed E-state index contributed by atoms with van der Waals surface area (Å²) in [7, 11) is 0. The number of thiocarbonyl (C=S) groups is 1. The highest BCUT2D eigenvalue weighted by Gasteiger charge is 2.16. The Morgan fingerprint density at radius 3 is 2.35 bits per heavy atom. The highest BCUT2D eigenvalue weighted by Crippen LogP contribution is 2.26. The fraction of sp³-hybridized carbons (Fsp3) is 0.174. The SMILES string of the molecule is Cc1nn(Cc2ccc(Cl)cc2Cl)c(C)c1NC(=S)Nc1nn(Cc2ccccc2Cl)cc1Cl. The van der Waals surface area contributed by atoms with Crippen molar-refractivity contribution in [1.82, 2.24) is 19.6 Å². The van der Waals surface area contributed by atoms with E-state index in [4.69, 9.17) is 58.6 Å². The molecule has 2 heterocycles. The van der Waals surface area contributed by atoms with Crippen LogP contribution in [0, 0.1) is 13.8 Å². The molecule has 0 aliphatic rings. The molecule has 34 heavy (non-hydrogen) atoms. The van der Waals surface area contributed by atoms with Gasteiger partial charge in [0.15, 0.2) is 10.9 Å². The summed E-state index contributed by atoms with van der Waals surface area (Å²) in [6.07, 6.45) is 1.72. The van der Waals surface area contributed by atoms with E-state index >= 15 is 0 Å². The first-order valence-corrected chi connectivity index (χ1v) is 12.2. The van der Waals surface area contributed by atoms with Gasteiger partial charge in [-0.1, -0.05) is 70.7 Å². The maximum absolute atomic E-state index is 6.38. The van der Waals surface area contributed by atoms with E-state index in [0.717, 1.165) is 28.2 Å². The van der Waals surface area contributed by atoms with Crippen molar-refractivity contribution in [3.63, 3.8) is 0 Å². The quantitative estimate of drug-likeness (QED) is 0.247. The van der Waals surface area contributed by atoms with Gasteiger partial charge < -0.3 is 10.6 Å². The number of benzene rings is 2. The number of rotatable bonds is 6. The van der Waals surface area contributed by atoms with Crippen molar-refractivity contribution in [2.45, 2.75) is 26.9 Å². The third kappa shape index (κ3) is 5.67. The molecule has 0 spiro atoms. The zero-order valence-electron chi connectivity index (χ0n) is 18.2. The molecular formula is C23H20Cl4N6S. The largest absolute Gasteiger partial charge is 0.329 e. The van der Waals surface area contributed by atoms with Crippen molar-refractivity contribution in [1.29, 1.82) is 0 Å². The van der Waals surface area contributed by atoms with Crippen molar-refractivity contribution in [2.75, 3.05) is 10.6 Å². The van der Waals surface area contributed by atoms with Gasteiger partial charge in [-0.2, -0.15) is 10.2 Å². The first-order valence-electron chi connectivity index (χ1n) is 10.2. The molecule has 0 saturated heterocycles.